The number of aliphatic hydroxyl groups is 14. The minimum Gasteiger partial charge on any atom is -0.394 e. The summed E-state index contributed by atoms with van der Waals surface area (Å²) in [5.74, 6) is -1.64. The summed E-state index contributed by atoms with van der Waals surface area (Å²) < 4.78 is 44.8. The molecule has 4 saturated heterocycles. The first kappa shape index (κ1) is 51.4. The van der Waals surface area contributed by atoms with E-state index in [-0.39, 0.29) is 6.29 Å². The molecular weight excluding hydrogens is 836 g/mol. The van der Waals surface area contributed by atoms with Gasteiger partial charge in [-0.3, -0.25) is 9.59 Å². The number of amides is 2. The van der Waals surface area contributed by atoms with E-state index in [1.54, 1.807) is 0 Å². The predicted molar refractivity (Wildman–Crippen MR) is 189 cm³/mol. The Kier molecular flexibility index (Phi) is 19.0. The maximum Gasteiger partial charge on any atom is 0.217 e. The lowest BCUT2D eigenvalue weighted by atomic mass is 9.95. The lowest BCUT2D eigenvalue weighted by molar-refractivity contribution is -0.373. The van der Waals surface area contributed by atoms with E-state index < -0.39 is 185 Å². The van der Waals surface area contributed by atoms with Crippen molar-refractivity contribution in [1.29, 1.82) is 0 Å². The standard InChI is InChI=1S/C34H58N2O25/c1-9-18(44)23(49)26(52)32(55-9)61-30-25(51)21(47)15(6-39)57-34(30)59-28(12(4-37)35-10(2)41)19(45)13(43)8-54-31-17(36-11(3)42)22(48)29(16(7-40)58-31)60-33-27(53)24(50)20(46)14(5-38)56-33/h4,9,12-34,38-40,43-53H,5-8H2,1-3H3,(H,35,41)(H,36,42)/t9-,12-,13+,14+,15+,16+,17+,18+,19-,20-,21-,22+,23+,24-,25-,26-,27+,28+,29+,30+,31+,32-,33-,34-/m0/s1. The van der Waals surface area contributed by atoms with Gasteiger partial charge in [0.2, 0.25) is 11.8 Å². The van der Waals surface area contributed by atoms with Crippen molar-refractivity contribution < 1.29 is 124 Å². The summed E-state index contributed by atoms with van der Waals surface area (Å²) in [6, 6.07) is -3.47. The molecule has 4 rings (SSSR count). The zero-order chi connectivity index (χ0) is 45.6. The lowest BCUT2D eigenvalue weighted by Gasteiger charge is -2.47. The van der Waals surface area contributed by atoms with Crippen molar-refractivity contribution in [2.75, 3.05) is 26.4 Å². The highest BCUT2D eigenvalue weighted by Crippen LogP contribution is 2.33. The van der Waals surface area contributed by atoms with Gasteiger partial charge in [0.05, 0.1) is 32.5 Å². The van der Waals surface area contributed by atoms with Crippen LogP contribution in [0, 0.1) is 0 Å². The van der Waals surface area contributed by atoms with Crippen molar-refractivity contribution in [2.24, 2.45) is 0 Å². The average molecular weight is 895 g/mol. The first-order valence-corrected chi connectivity index (χ1v) is 19.2. The molecule has 2 amide bonds. The first-order valence-electron chi connectivity index (χ1n) is 19.2. The summed E-state index contributed by atoms with van der Waals surface area (Å²) >= 11 is 0. The van der Waals surface area contributed by atoms with Crippen molar-refractivity contribution in [2.45, 2.75) is 168 Å². The van der Waals surface area contributed by atoms with Gasteiger partial charge >= 0.3 is 0 Å². The third-order valence-electron chi connectivity index (χ3n) is 10.6. The molecule has 4 aliphatic heterocycles. The zero-order valence-corrected chi connectivity index (χ0v) is 33.0. The van der Waals surface area contributed by atoms with Crippen LogP contribution in [-0.4, -0.2) is 263 Å². The van der Waals surface area contributed by atoms with Crippen LogP contribution < -0.4 is 10.6 Å². The van der Waals surface area contributed by atoms with Crippen LogP contribution in [-0.2, 0) is 52.3 Å². The molecule has 24 atom stereocenters. The molecule has 16 N–H and O–H groups in total. The Bertz CT molecular complexity index is 1400. The fraction of sp³-hybridized carbons (Fsp3) is 0.912. The van der Waals surface area contributed by atoms with E-state index >= 15 is 0 Å². The Morgan fingerprint density at radius 1 is 0.623 bits per heavy atom. The maximum atomic E-state index is 12.3. The van der Waals surface area contributed by atoms with E-state index in [2.05, 4.69) is 10.6 Å². The zero-order valence-electron chi connectivity index (χ0n) is 33.0. The Labute approximate surface area is 346 Å². The van der Waals surface area contributed by atoms with Crippen LogP contribution in [0.15, 0.2) is 0 Å². The second kappa shape index (κ2) is 22.6. The van der Waals surface area contributed by atoms with Crippen LogP contribution in [0.2, 0.25) is 0 Å². The molecule has 27 nitrogen and oxygen atoms in total. The minimum absolute atomic E-state index is 0.0820. The molecule has 0 radical (unpaired) electrons. The van der Waals surface area contributed by atoms with E-state index in [1.807, 2.05) is 0 Å². The number of nitrogens with one attached hydrogen (secondary N) is 2. The Morgan fingerprint density at radius 3 is 1.67 bits per heavy atom. The number of aldehydes is 1. The summed E-state index contributed by atoms with van der Waals surface area (Å²) in [7, 11) is 0. The second-order valence-corrected chi connectivity index (χ2v) is 15.1. The largest absolute Gasteiger partial charge is 0.394 e. The highest BCUT2D eigenvalue weighted by Gasteiger charge is 2.54. The van der Waals surface area contributed by atoms with Crippen LogP contribution in [0.4, 0.5) is 0 Å². The Hall–Kier alpha value is -2.27. The van der Waals surface area contributed by atoms with E-state index in [0.29, 0.717) is 0 Å². The molecule has 0 aromatic carbocycles. The van der Waals surface area contributed by atoms with Gasteiger partial charge in [-0.05, 0) is 6.92 Å². The molecule has 0 saturated carbocycles. The first-order chi connectivity index (χ1) is 28.7. The van der Waals surface area contributed by atoms with Crippen LogP contribution in [0.1, 0.15) is 20.8 Å². The van der Waals surface area contributed by atoms with Gasteiger partial charge < -0.3 is 125 Å². The summed E-state index contributed by atoms with van der Waals surface area (Å²) in [4.78, 5) is 36.7. The van der Waals surface area contributed by atoms with E-state index in [0.717, 1.165) is 13.8 Å². The fourth-order valence-electron chi connectivity index (χ4n) is 7.16. The Balaban J connectivity index is 1.56. The van der Waals surface area contributed by atoms with Gasteiger partial charge in [0.15, 0.2) is 25.2 Å². The average Bonchev–Trinajstić information content (AvgIpc) is 3.22. The number of hydrogen-bond donors (Lipinski definition) is 16. The quantitative estimate of drug-likeness (QED) is 0.0568. The van der Waals surface area contributed by atoms with Gasteiger partial charge in [-0.15, -0.1) is 0 Å². The number of rotatable bonds is 18. The highest BCUT2D eigenvalue weighted by atomic mass is 16.8. The monoisotopic (exact) mass is 894 g/mol. The summed E-state index contributed by atoms with van der Waals surface area (Å²) in [6.45, 7) is -0.404. The van der Waals surface area contributed by atoms with E-state index in [1.165, 1.54) is 6.92 Å². The van der Waals surface area contributed by atoms with Gasteiger partial charge in [0, 0.05) is 13.8 Å². The van der Waals surface area contributed by atoms with Gasteiger partial charge in [-0.2, -0.15) is 0 Å². The van der Waals surface area contributed by atoms with Crippen LogP contribution in [0.5, 0.6) is 0 Å². The van der Waals surface area contributed by atoms with Gasteiger partial charge in [0.25, 0.3) is 0 Å². The molecule has 354 valence electrons. The lowest BCUT2D eigenvalue weighted by Crippen LogP contribution is -2.68. The summed E-state index contributed by atoms with van der Waals surface area (Å²) in [6.07, 6.45) is -40.2. The number of carbonyl (C=O) groups is 3. The third-order valence-corrected chi connectivity index (χ3v) is 10.6. The number of ether oxygens (including phenoxy) is 8. The van der Waals surface area contributed by atoms with Crippen molar-refractivity contribution in [3.63, 3.8) is 0 Å². The number of hydrogen-bond acceptors (Lipinski definition) is 25. The highest BCUT2D eigenvalue weighted by molar-refractivity contribution is 5.77. The summed E-state index contributed by atoms with van der Waals surface area (Å²) in [5.41, 5.74) is 0. The Morgan fingerprint density at radius 2 is 1.13 bits per heavy atom. The molecular formula is C34H58N2O25. The molecule has 0 aromatic heterocycles. The molecule has 0 aliphatic carbocycles. The number of aliphatic hydroxyl groups excluding tert-OH is 14. The molecule has 0 spiro atoms. The maximum absolute atomic E-state index is 12.3. The third kappa shape index (κ3) is 11.9. The predicted octanol–water partition coefficient (Wildman–Crippen LogP) is -10.8. The van der Waals surface area contributed by atoms with Crippen molar-refractivity contribution >= 4 is 18.1 Å². The van der Waals surface area contributed by atoms with E-state index in [4.69, 9.17) is 37.9 Å². The van der Waals surface area contributed by atoms with Crippen molar-refractivity contribution in [1.82, 2.24) is 10.6 Å². The molecule has 4 heterocycles. The molecule has 4 fully saturated rings. The molecule has 61 heavy (non-hydrogen) atoms. The topological polar surface area (TPSA) is 432 Å². The molecule has 0 unspecified atom stereocenters. The van der Waals surface area contributed by atoms with Gasteiger partial charge in [-0.1, -0.05) is 0 Å². The summed E-state index contributed by atoms with van der Waals surface area (Å²) in [5, 5.41) is 152. The smallest absolute Gasteiger partial charge is 0.217 e. The normalized spacial score (nSPS) is 44.0. The van der Waals surface area contributed by atoms with Crippen LogP contribution in [0.3, 0.4) is 0 Å². The second-order valence-electron chi connectivity index (χ2n) is 15.1. The molecule has 0 aromatic rings. The van der Waals surface area contributed by atoms with Gasteiger partial charge in [0.1, 0.15) is 122 Å². The molecule has 4 aliphatic rings. The van der Waals surface area contributed by atoms with Crippen LogP contribution in [0.25, 0.3) is 0 Å². The van der Waals surface area contributed by atoms with Gasteiger partial charge in [-0.25, -0.2) is 0 Å². The van der Waals surface area contributed by atoms with E-state index in [9.17, 15) is 85.9 Å². The molecule has 27 heteroatoms. The van der Waals surface area contributed by atoms with Crippen LogP contribution >= 0.6 is 0 Å². The van der Waals surface area contributed by atoms with Crippen molar-refractivity contribution in [3.8, 4) is 0 Å². The fourth-order valence-corrected chi connectivity index (χ4v) is 7.16. The van der Waals surface area contributed by atoms with Crippen molar-refractivity contribution in [3.05, 3.63) is 0 Å². The SMILES string of the molecule is CC(=O)N[C@H]1[C@H](OC[C@@H](O)[C@H](O)[C@H](O[C@@H]2O[C@H](CO)[C@H](O)[C@H](O)[C@H]2O[C@@H]2O[C@@H](C)[C@@H](O)[C@@H](O)[C@@H]2O)[C@H](C=O)NC(C)=O)O[C@H](CO)[C@@H](O[C@@H]2O[C@H](CO)[C@H](O)[C@H](O)[C@H]2O)[C@@H]1O. The molecule has 0 bridgehead atoms. The minimum atomic E-state index is -2.31. The number of carbonyl (C=O) groups excluding carboxylic acids is 3.